The fourth-order valence-electron chi connectivity index (χ4n) is 3.16. The smallest absolute Gasteiger partial charge is 0.592 e. The van der Waals surface area contributed by atoms with Crippen LogP contribution in [0.1, 0.15) is 31.8 Å². The maximum atomic E-state index is 11.8. The van der Waals surface area contributed by atoms with Crippen LogP contribution in [0.25, 0.3) is 0 Å². The van der Waals surface area contributed by atoms with E-state index in [-0.39, 0.29) is 50.6 Å². The maximum absolute atomic E-state index is 11.8. The summed E-state index contributed by atoms with van der Waals surface area (Å²) in [4.78, 5) is 23.6. The Morgan fingerprint density at radius 2 is 1.00 bits per heavy atom. The number of amides is 2. The minimum atomic E-state index is -0.523. The first-order chi connectivity index (χ1) is 20.0. The van der Waals surface area contributed by atoms with Crippen molar-refractivity contribution < 1.29 is 46.5 Å². The summed E-state index contributed by atoms with van der Waals surface area (Å²) in [5.41, 5.74) is 5.96. The predicted octanol–water partition coefficient (Wildman–Crippen LogP) is 6.24. The normalized spacial score (nSPS) is 10.5. The molecular formula is C28H22Br4N4NiO6+4. The number of aromatic hydroxyl groups is 2. The van der Waals surface area contributed by atoms with Gasteiger partial charge in [0.05, 0.1) is 34.7 Å². The van der Waals surface area contributed by atoms with Crippen LogP contribution in [-0.2, 0) is 16.5 Å². The van der Waals surface area contributed by atoms with Gasteiger partial charge in [-0.05, 0) is 80.4 Å². The molecule has 4 rings (SSSR count). The van der Waals surface area contributed by atoms with Crippen LogP contribution >= 0.6 is 63.7 Å². The molecule has 0 spiro atoms. The van der Waals surface area contributed by atoms with Crippen LogP contribution in [0.3, 0.4) is 0 Å². The van der Waals surface area contributed by atoms with Gasteiger partial charge in [-0.25, -0.2) is 10.9 Å². The van der Waals surface area contributed by atoms with Crippen LogP contribution in [0.15, 0.2) is 101 Å². The Labute approximate surface area is 289 Å². The van der Waals surface area contributed by atoms with E-state index in [2.05, 4.69) is 84.8 Å². The number of phenols is 2. The number of para-hydroxylation sites is 2. The Morgan fingerprint density at radius 1 is 0.651 bits per heavy atom. The molecule has 0 radical (unpaired) electrons. The third-order valence-corrected chi connectivity index (χ3v) is 7.37. The number of carbonyl (C=O) groups is 2. The van der Waals surface area contributed by atoms with Crippen molar-refractivity contribution in [3.05, 3.63) is 113 Å². The van der Waals surface area contributed by atoms with E-state index in [1.54, 1.807) is 48.5 Å². The second-order valence-electron chi connectivity index (χ2n) is 8.14. The SMILES string of the molecule is O=C(NN=Cc1cc(Br)cc(Br)c1[OH2+])c1ccccc1O.O=C(NN=Cc1cc(Br)cc(Br)c1[OH2+])c1ccccc1O.[Ni+2]. The Morgan fingerprint density at radius 3 is 1.35 bits per heavy atom. The van der Waals surface area contributed by atoms with Gasteiger partial charge in [-0.2, -0.15) is 10.2 Å². The molecule has 8 N–H and O–H groups in total. The molecule has 2 amide bonds. The van der Waals surface area contributed by atoms with Crippen molar-refractivity contribution in [2.24, 2.45) is 10.2 Å². The molecule has 0 aromatic heterocycles. The minimum Gasteiger partial charge on any atom is -0.592 e. The molecule has 0 fully saturated rings. The number of phenolic OH excluding ortho intramolecular Hbond substituents is 2. The van der Waals surface area contributed by atoms with Crippen LogP contribution in [0.5, 0.6) is 23.0 Å². The predicted molar refractivity (Wildman–Crippen MR) is 176 cm³/mol. The van der Waals surface area contributed by atoms with E-state index in [1.165, 1.54) is 36.7 Å². The van der Waals surface area contributed by atoms with Gasteiger partial charge in [-0.3, -0.25) is 9.59 Å². The summed E-state index contributed by atoms with van der Waals surface area (Å²) in [6, 6.07) is 19.3. The van der Waals surface area contributed by atoms with Gasteiger partial charge >= 0.3 is 16.5 Å². The Hall–Kier alpha value is -3.23. The summed E-state index contributed by atoms with van der Waals surface area (Å²) in [6.07, 6.45) is 2.74. The van der Waals surface area contributed by atoms with Crippen molar-refractivity contribution in [1.82, 2.24) is 10.9 Å². The molecule has 0 saturated carbocycles. The summed E-state index contributed by atoms with van der Waals surface area (Å²) in [5, 5.41) is 42.5. The van der Waals surface area contributed by atoms with E-state index < -0.39 is 11.8 Å². The number of nitrogens with one attached hydrogen (secondary N) is 2. The van der Waals surface area contributed by atoms with E-state index in [9.17, 15) is 19.8 Å². The zero-order chi connectivity index (χ0) is 30.8. The van der Waals surface area contributed by atoms with Crippen molar-refractivity contribution in [2.75, 3.05) is 0 Å². The molecule has 0 atom stereocenters. The Bertz CT molecular complexity index is 1560. The second kappa shape index (κ2) is 17.2. The van der Waals surface area contributed by atoms with Gasteiger partial charge in [0, 0.05) is 8.95 Å². The number of benzene rings is 4. The molecule has 0 aliphatic carbocycles. The first-order valence-corrected chi connectivity index (χ1v) is 14.8. The third-order valence-electron chi connectivity index (χ3n) is 5.21. The molecule has 43 heavy (non-hydrogen) atoms. The summed E-state index contributed by atoms with van der Waals surface area (Å²) < 4.78 is 2.81. The number of nitrogens with zero attached hydrogens (tertiary/aromatic N) is 2. The van der Waals surface area contributed by atoms with E-state index in [0.717, 1.165) is 8.95 Å². The average Bonchev–Trinajstić information content (AvgIpc) is 2.94. The van der Waals surface area contributed by atoms with Gasteiger partial charge in [-0.1, -0.05) is 56.1 Å². The van der Waals surface area contributed by atoms with Crippen LogP contribution < -0.4 is 10.9 Å². The first-order valence-electron chi connectivity index (χ1n) is 11.6. The number of rotatable bonds is 6. The molecule has 4 aromatic carbocycles. The molecule has 0 aliphatic heterocycles. The van der Waals surface area contributed by atoms with E-state index >= 15 is 0 Å². The molecule has 0 saturated heterocycles. The summed E-state index contributed by atoms with van der Waals surface area (Å²) in [6.45, 7) is 0. The van der Waals surface area contributed by atoms with Crippen LogP contribution in [0.2, 0.25) is 0 Å². The molecule has 0 heterocycles. The van der Waals surface area contributed by atoms with Gasteiger partial charge in [0.2, 0.25) is 0 Å². The van der Waals surface area contributed by atoms with Crippen LogP contribution in [0, 0.1) is 0 Å². The number of carbonyl (C=O) groups excluding carboxylic acids is 2. The first kappa shape index (κ1) is 36.0. The molecule has 15 heteroatoms. The molecule has 0 unspecified atom stereocenters. The molecule has 10 nitrogen and oxygen atoms in total. The second-order valence-corrected chi connectivity index (χ2v) is 11.7. The monoisotopic (exact) mass is 884 g/mol. The van der Waals surface area contributed by atoms with Crippen LogP contribution in [-0.4, -0.2) is 44.7 Å². The van der Waals surface area contributed by atoms with Crippen molar-refractivity contribution in [1.29, 1.82) is 0 Å². The molecule has 224 valence electrons. The topological polar surface area (TPSA) is 169 Å². The van der Waals surface area contributed by atoms with Crippen molar-refractivity contribution in [3.8, 4) is 23.0 Å². The number of hydrogen-bond acceptors (Lipinski definition) is 6. The van der Waals surface area contributed by atoms with Crippen molar-refractivity contribution in [3.63, 3.8) is 0 Å². The zero-order valence-electron chi connectivity index (χ0n) is 21.5. The van der Waals surface area contributed by atoms with Crippen molar-refractivity contribution >= 4 is 88.0 Å². The number of hydrazone groups is 2. The molecule has 0 bridgehead atoms. The number of hydrogen-bond donors (Lipinski definition) is 4. The van der Waals surface area contributed by atoms with E-state index in [4.69, 9.17) is 10.2 Å². The van der Waals surface area contributed by atoms with Gasteiger partial charge in [-0.15, -0.1) is 0 Å². The zero-order valence-corrected chi connectivity index (χ0v) is 28.8. The molecule has 4 aromatic rings. The number of halogens is 4. The summed E-state index contributed by atoms with van der Waals surface area (Å²) in [5.74, 6) is -0.749. The quantitative estimate of drug-likeness (QED) is 0.0780. The third kappa shape index (κ3) is 10.5. The van der Waals surface area contributed by atoms with E-state index in [0.29, 0.717) is 20.1 Å². The maximum Gasteiger partial charge on any atom is 2.00 e. The summed E-state index contributed by atoms with van der Waals surface area (Å²) >= 11 is 13.2. The van der Waals surface area contributed by atoms with Gasteiger partial charge < -0.3 is 20.4 Å². The standard InChI is InChI=1S/2C14H10Br2N2O3.Ni/c2*15-9-5-8(13(20)11(16)6-9)7-17-18-14(21)10-3-1-2-4-12(10)19;/h2*1-7,19-20H,(H,18,21);/q;;+2/p+2. The van der Waals surface area contributed by atoms with Crippen LogP contribution in [0.4, 0.5) is 0 Å². The molecule has 0 aliphatic rings. The fraction of sp³-hybridized carbons (Fsp3) is 0. The Kier molecular flexibility index (Phi) is 14.4. The van der Waals surface area contributed by atoms with Crippen molar-refractivity contribution in [2.45, 2.75) is 0 Å². The fourth-order valence-corrected chi connectivity index (χ4v) is 5.68. The minimum absolute atomic E-state index is 0. The molecular weight excluding hydrogens is 867 g/mol. The average molecular weight is 889 g/mol. The van der Waals surface area contributed by atoms with Gasteiger partial charge in [0.25, 0.3) is 23.3 Å². The van der Waals surface area contributed by atoms with Gasteiger partial charge in [0.15, 0.2) is 0 Å². The summed E-state index contributed by atoms with van der Waals surface area (Å²) in [7, 11) is 0. The Balaban J connectivity index is 0.000000293. The van der Waals surface area contributed by atoms with Gasteiger partial charge in [0.1, 0.15) is 20.4 Å². The largest absolute Gasteiger partial charge is 2.00 e. The van der Waals surface area contributed by atoms with E-state index in [1.807, 2.05) is 0 Å².